The van der Waals surface area contributed by atoms with Crippen LogP contribution < -0.4 is 10.3 Å². The van der Waals surface area contributed by atoms with Crippen molar-refractivity contribution in [1.82, 2.24) is 14.4 Å². The molecule has 180 valence electrons. The molecule has 0 spiro atoms. The first-order valence-corrected chi connectivity index (χ1v) is 11.1. The fraction of sp³-hybridized carbons (Fsp3) is 0.360. The number of nitrogens with zero attached hydrogens (tertiary/aromatic N) is 3. The quantitative estimate of drug-likeness (QED) is 0.550. The first kappa shape index (κ1) is 23.7. The molecule has 3 heterocycles. The van der Waals surface area contributed by atoms with Gasteiger partial charge in [0.15, 0.2) is 11.6 Å². The van der Waals surface area contributed by atoms with Crippen LogP contribution in [0.2, 0.25) is 0 Å². The number of pyridine rings is 1. The lowest BCUT2D eigenvalue weighted by atomic mass is 10.1. The number of hydrogen-bond donors (Lipinski definition) is 0. The Balaban J connectivity index is 1.63. The van der Waals surface area contributed by atoms with Crippen LogP contribution in [0.3, 0.4) is 0 Å². The second kappa shape index (κ2) is 9.80. The zero-order valence-corrected chi connectivity index (χ0v) is 19.4. The third kappa shape index (κ3) is 4.61. The predicted octanol–water partition coefficient (Wildman–Crippen LogP) is 3.62. The van der Waals surface area contributed by atoms with Gasteiger partial charge in [0.1, 0.15) is 17.1 Å². The Morgan fingerprint density at radius 1 is 1.18 bits per heavy atom. The number of aromatic nitrogens is 1. The second-order valence-corrected chi connectivity index (χ2v) is 8.41. The van der Waals surface area contributed by atoms with Gasteiger partial charge < -0.3 is 18.6 Å². The normalized spacial score (nSPS) is 14.9. The molecule has 1 aromatic carbocycles. The first-order chi connectivity index (χ1) is 16.3. The molecule has 1 amide bonds. The molecule has 9 heteroatoms. The summed E-state index contributed by atoms with van der Waals surface area (Å²) in [6.45, 7) is 3.67. The maximum atomic E-state index is 13.6. The van der Waals surface area contributed by atoms with Gasteiger partial charge in [-0.2, -0.15) is 0 Å². The number of carbonyl (C=O) groups is 1. The molecule has 0 N–H and O–H groups in total. The lowest BCUT2D eigenvalue weighted by Gasteiger charge is -2.26. The van der Waals surface area contributed by atoms with E-state index in [-0.39, 0.29) is 23.3 Å². The monoisotopic (exact) mass is 471 g/mol. The minimum absolute atomic E-state index is 0.230. The number of carbonyl (C=O) groups excluding carboxylic acids is 1. The van der Waals surface area contributed by atoms with E-state index in [1.54, 1.807) is 41.0 Å². The number of hydrogen-bond acceptors (Lipinski definition) is 5. The lowest BCUT2D eigenvalue weighted by molar-refractivity contribution is 0.0720. The van der Waals surface area contributed by atoms with Crippen LogP contribution in [0.25, 0.3) is 0 Å². The van der Waals surface area contributed by atoms with Gasteiger partial charge in [-0.15, -0.1) is 0 Å². The number of halogens is 2. The summed E-state index contributed by atoms with van der Waals surface area (Å²) in [5.41, 5.74) is 1.33. The lowest BCUT2D eigenvalue weighted by Crippen LogP contribution is -2.34. The summed E-state index contributed by atoms with van der Waals surface area (Å²) in [4.78, 5) is 30.1. The molecule has 7 nitrogen and oxygen atoms in total. The number of amides is 1. The van der Waals surface area contributed by atoms with E-state index in [2.05, 4.69) is 4.90 Å². The first-order valence-electron chi connectivity index (χ1n) is 11.1. The van der Waals surface area contributed by atoms with Crippen molar-refractivity contribution in [3.8, 4) is 5.75 Å². The van der Waals surface area contributed by atoms with Crippen molar-refractivity contribution in [2.24, 2.45) is 0 Å². The molecular formula is C25H27F2N3O4. The molecule has 1 aliphatic rings. The van der Waals surface area contributed by atoms with Crippen LogP contribution in [-0.4, -0.2) is 47.5 Å². The summed E-state index contributed by atoms with van der Waals surface area (Å²) in [5.74, 6) is -1.18. The van der Waals surface area contributed by atoms with Gasteiger partial charge in [-0.25, -0.2) is 8.78 Å². The number of ether oxygens (including phenoxy) is 1. The van der Waals surface area contributed by atoms with Crippen molar-refractivity contribution in [2.75, 3.05) is 27.2 Å². The summed E-state index contributed by atoms with van der Waals surface area (Å²) in [7, 11) is 3.12. The van der Waals surface area contributed by atoms with Gasteiger partial charge in [-0.05, 0) is 36.8 Å². The number of furan rings is 1. The topological polar surface area (TPSA) is 67.9 Å². The van der Waals surface area contributed by atoms with E-state index in [9.17, 15) is 18.4 Å². The molecular weight excluding hydrogens is 444 g/mol. The fourth-order valence-corrected chi connectivity index (χ4v) is 4.31. The summed E-state index contributed by atoms with van der Waals surface area (Å²) >= 11 is 0. The molecule has 0 unspecified atom stereocenters. The second-order valence-electron chi connectivity index (χ2n) is 8.41. The number of fused-ring (bicyclic) bond motifs is 1. The molecule has 3 aromatic rings. The van der Waals surface area contributed by atoms with Crippen molar-refractivity contribution < 1.29 is 22.7 Å². The van der Waals surface area contributed by atoms with Gasteiger partial charge in [0, 0.05) is 51.4 Å². The van der Waals surface area contributed by atoms with Crippen LogP contribution >= 0.6 is 0 Å². The highest BCUT2D eigenvalue weighted by Crippen LogP contribution is 2.28. The van der Waals surface area contributed by atoms with Crippen molar-refractivity contribution in [3.63, 3.8) is 0 Å². The van der Waals surface area contributed by atoms with Crippen molar-refractivity contribution in [1.29, 1.82) is 0 Å². The summed E-state index contributed by atoms with van der Waals surface area (Å²) in [6, 6.07) is 8.43. The molecule has 1 atom stereocenters. The van der Waals surface area contributed by atoms with E-state index < -0.39 is 11.6 Å². The van der Waals surface area contributed by atoms with Gasteiger partial charge in [-0.3, -0.25) is 14.5 Å². The van der Waals surface area contributed by atoms with Crippen LogP contribution in [0.5, 0.6) is 5.75 Å². The average Bonchev–Trinajstić information content (AvgIpc) is 3.29. The third-order valence-corrected chi connectivity index (χ3v) is 6.37. The molecule has 0 saturated heterocycles. The maximum Gasteiger partial charge on any atom is 0.259 e. The van der Waals surface area contributed by atoms with Gasteiger partial charge in [0.05, 0.1) is 19.4 Å². The average molecular weight is 472 g/mol. The molecule has 0 bridgehead atoms. The van der Waals surface area contributed by atoms with Crippen molar-refractivity contribution in [2.45, 2.75) is 32.5 Å². The Morgan fingerprint density at radius 3 is 2.65 bits per heavy atom. The van der Waals surface area contributed by atoms with E-state index in [4.69, 9.17) is 9.15 Å². The molecule has 34 heavy (non-hydrogen) atoms. The fourth-order valence-electron chi connectivity index (χ4n) is 4.31. The van der Waals surface area contributed by atoms with E-state index in [0.717, 1.165) is 6.07 Å². The van der Waals surface area contributed by atoms with Gasteiger partial charge >= 0.3 is 0 Å². The van der Waals surface area contributed by atoms with Crippen LogP contribution in [0.1, 0.15) is 40.3 Å². The standard InChI is InChI=1S/C25H27F2N3O4/c1-16(21-5-4-12-34-21)28(2)25(32)24-20-8-9-29(15-17-6-7-18(26)19(27)13-17)10-11-30(20)23(31)14-22(24)33-3/h4-7,12-14,16H,8-11,15H2,1-3H3/t16-/m1/s1. The van der Waals surface area contributed by atoms with Gasteiger partial charge in [0.25, 0.3) is 11.5 Å². The minimum Gasteiger partial charge on any atom is -0.496 e. The summed E-state index contributed by atoms with van der Waals surface area (Å²) < 4.78 is 39.4. The molecule has 1 aliphatic heterocycles. The van der Waals surface area contributed by atoms with E-state index in [1.807, 2.05) is 6.92 Å². The highest BCUT2D eigenvalue weighted by Gasteiger charge is 2.29. The van der Waals surface area contributed by atoms with Crippen LogP contribution in [0.15, 0.2) is 51.9 Å². The highest BCUT2D eigenvalue weighted by atomic mass is 19.2. The summed E-state index contributed by atoms with van der Waals surface area (Å²) in [5, 5.41) is 0. The molecule has 0 radical (unpaired) electrons. The van der Waals surface area contributed by atoms with Crippen LogP contribution in [0, 0.1) is 11.6 Å². The largest absolute Gasteiger partial charge is 0.496 e. The Hall–Kier alpha value is -3.46. The molecule has 4 rings (SSSR count). The van der Waals surface area contributed by atoms with E-state index in [0.29, 0.717) is 55.2 Å². The van der Waals surface area contributed by atoms with Crippen LogP contribution in [-0.2, 0) is 19.5 Å². The SMILES string of the molecule is COc1cc(=O)n2c(c1C(=O)N(C)[C@H](C)c1ccco1)CCN(Cc1ccc(F)c(F)c1)CC2. The van der Waals surface area contributed by atoms with Gasteiger partial charge in [-0.1, -0.05) is 6.07 Å². The number of rotatable bonds is 6. The predicted molar refractivity (Wildman–Crippen MR) is 122 cm³/mol. The number of benzene rings is 1. The maximum absolute atomic E-state index is 13.6. The zero-order valence-electron chi connectivity index (χ0n) is 19.4. The van der Waals surface area contributed by atoms with Crippen molar-refractivity contribution in [3.05, 3.63) is 87.2 Å². The molecule has 0 saturated carbocycles. The molecule has 0 aliphatic carbocycles. The summed E-state index contributed by atoms with van der Waals surface area (Å²) in [6.07, 6.45) is 1.97. The number of methoxy groups -OCH3 is 1. The Kier molecular flexibility index (Phi) is 6.83. The minimum atomic E-state index is -0.891. The third-order valence-electron chi connectivity index (χ3n) is 6.37. The van der Waals surface area contributed by atoms with E-state index in [1.165, 1.54) is 19.2 Å². The Labute approximate surface area is 196 Å². The van der Waals surface area contributed by atoms with Crippen LogP contribution in [0.4, 0.5) is 8.78 Å². The van der Waals surface area contributed by atoms with Gasteiger partial charge in [0.2, 0.25) is 0 Å². The Morgan fingerprint density at radius 2 is 1.97 bits per heavy atom. The Bertz CT molecular complexity index is 1240. The zero-order chi connectivity index (χ0) is 24.4. The van der Waals surface area contributed by atoms with E-state index >= 15 is 0 Å². The smallest absolute Gasteiger partial charge is 0.259 e. The molecule has 2 aromatic heterocycles. The molecule has 0 fully saturated rings. The highest BCUT2D eigenvalue weighted by molar-refractivity contribution is 5.98. The van der Waals surface area contributed by atoms with Crippen molar-refractivity contribution >= 4 is 5.91 Å².